The van der Waals surface area contributed by atoms with Crippen LogP contribution in [0.15, 0.2) is 22.7 Å². The number of carbonyl (C=O) groups is 1. The minimum absolute atomic E-state index is 0.0807. The maximum Gasteiger partial charge on any atom is 0.177 e. The fourth-order valence-electron chi connectivity index (χ4n) is 1.06. The van der Waals surface area contributed by atoms with Gasteiger partial charge in [-0.15, -0.1) is 0 Å². The second-order valence-electron chi connectivity index (χ2n) is 2.75. The molecular formula is C10H7Br2NO. The van der Waals surface area contributed by atoms with E-state index in [0.29, 0.717) is 15.6 Å². The number of nitrogens with zero attached hydrogens (tertiary/aromatic N) is 1. The molecule has 0 aliphatic heterocycles. The van der Waals surface area contributed by atoms with Gasteiger partial charge >= 0.3 is 0 Å². The molecule has 14 heavy (non-hydrogen) atoms. The molecule has 1 unspecified atom stereocenters. The van der Waals surface area contributed by atoms with Crippen molar-refractivity contribution < 1.29 is 4.79 Å². The molecule has 1 aromatic carbocycles. The number of benzene rings is 1. The monoisotopic (exact) mass is 315 g/mol. The lowest BCUT2D eigenvalue weighted by Gasteiger charge is -2.05. The molecule has 4 heteroatoms. The highest BCUT2D eigenvalue weighted by atomic mass is 79.9. The van der Waals surface area contributed by atoms with Crippen molar-refractivity contribution in [3.8, 4) is 6.07 Å². The lowest BCUT2D eigenvalue weighted by molar-refractivity contribution is 0.0995. The molecule has 0 saturated carbocycles. The second kappa shape index (κ2) is 4.72. The minimum Gasteiger partial charge on any atom is -0.293 e. The fourth-order valence-corrected chi connectivity index (χ4v) is 1.76. The smallest absolute Gasteiger partial charge is 0.177 e. The van der Waals surface area contributed by atoms with Crippen LogP contribution in [0.1, 0.15) is 22.8 Å². The lowest BCUT2D eigenvalue weighted by Crippen LogP contribution is -2.11. The number of carbonyl (C=O) groups excluding carboxylic acids is 1. The third-order valence-electron chi connectivity index (χ3n) is 1.75. The zero-order valence-electron chi connectivity index (χ0n) is 7.42. The number of alkyl halides is 1. The molecule has 2 nitrogen and oxygen atoms in total. The maximum atomic E-state index is 11.7. The number of ketones is 1. The summed E-state index contributed by atoms with van der Waals surface area (Å²) in [6.45, 7) is 1.74. The van der Waals surface area contributed by atoms with E-state index in [1.54, 1.807) is 25.1 Å². The number of hydrogen-bond donors (Lipinski definition) is 0. The molecule has 1 atom stereocenters. The van der Waals surface area contributed by atoms with E-state index in [4.69, 9.17) is 5.26 Å². The van der Waals surface area contributed by atoms with Gasteiger partial charge in [0.2, 0.25) is 0 Å². The van der Waals surface area contributed by atoms with E-state index < -0.39 is 0 Å². The number of hydrogen-bond acceptors (Lipinski definition) is 2. The first-order valence-corrected chi connectivity index (χ1v) is 5.65. The van der Waals surface area contributed by atoms with Gasteiger partial charge < -0.3 is 0 Å². The molecule has 0 bridgehead atoms. The quantitative estimate of drug-likeness (QED) is 0.620. The van der Waals surface area contributed by atoms with E-state index in [9.17, 15) is 4.79 Å². The first-order chi connectivity index (χ1) is 6.57. The molecule has 1 aromatic rings. The highest BCUT2D eigenvalue weighted by Gasteiger charge is 2.17. The van der Waals surface area contributed by atoms with Crippen molar-refractivity contribution in [2.75, 3.05) is 0 Å². The number of rotatable bonds is 2. The average molecular weight is 317 g/mol. The van der Waals surface area contributed by atoms with Crippen LogP contribution in [0.5, 0.6) is 0 Å². The normalized spacial score (nSPS) is 11.9. The Kier molecular flexibility index (Phi) is 3.85. The van der Waals surface area contributed by atoms with E-state index in [1.165, 1.54) is 0 Å². The van der Waals surface area contributed by atoms with E-state index in [0.717, 1.165) is 0 Å². The van der Waals surface area contributed by atoms with Crippen LogP contribution in [0.3, 0.4) is 0 Å². The summed E-state index contributed by atoms with van der Waals surface area (Å²) in [5, 5.41) is 8.88. The first-order valence-electron chi connectivity index (χ1n) is 3.94. The zero-order valence-corrected chi connectivity index (χ0v) is 10.6. The van der Waals surface area contributed by atoms with E-state index >= 15 is 0 Å². The van der Waals surface area contributed by atoms with Gasteiger partial charge in [0.25, 0.3) is 0 Å². The van der Waals surface area contributed by atoms with Crippen LogP contribution in [0.25, 0.3) is 0 Å². The summed E-state index contributed by atoms with van der Waals surface area (Å²) in [6.07, 6.45) is 0. The van der Waals surface area contributed by atoms with Crippen molar-refractivity contribution in [3.63, 3.8) is 0 Å². The van der Waals surface area contributed by atoms with Crippen molar-refractivity contribution in [1.29, 1.82) is 5.26 Å². The molecule has 0 saturated heterocycles. The molecule has 0 radical (unpaired) electrons. The van der Waals surface area contributed by atoms with Gasteiger partial charge in [0, 0.05) is 10.0 Å². The lowest BCUT2D eigenvalue weighted by atomic mass is 10.0. The van der Waals surface area contributed by atoms with E-state index in [-0.39, 0.29) is 10.6 Å². The Balaban J connectivity index is 3.29. The van der Waals surface area contributed by atoms with E-state index in [2.05, 4.69) is 31.9 Å². The molecule has 0 N–H and O–H groups in total. The number of Topliss-reactive ketones (excluding diaryl/α,β-unsaturated/α-hetero) is 1. The van der Waals surface area contributed by atoms with Crippen molar-refractivity contribution >= 4 is 37.6 Å². The van der Waals surface area contributed by atoms with Gasteiger partial charge in [-0.25, -0.2) is 0 Å². The Morgan fingerprint density at radius 3 is 2.71 bits per heavy atom. The largest absolute Gasteiger partial charge is 0.293 e. The van der Waals surface area contributed by atoms with Gasteiger partial charge in [-0.05, 0) is 35.0 Å². The first kappa shape index (κ1) is 11.4. The summed E-state index contributed by atoms with van der Waals surface area (Å²) in [5.41, 5.74) is 0.843. The van der Waals surface area contributed by atoms with Crippen LogP contribution in [-0.2, 0) is 0 Å². The Bertz CT molecular complexity index is 407. The number of halogens is 2. The third-order valence-corrected chi connectivity index (χ3v) is 2.83. The van der Waals surface area contributed by atoms with Crippen LogP contribution in [0.2, 0.25) is 0 Å². The molecule has 0 heterocycles. The predicted molar refractivity (Wildman–Crippen MR) is 61.6 cm³/mol. The molecule has 0 spiro atoms. The van der Waals surface area contributed by atoms with Crippen LogP contribution >= 0.6 is 31.9 Å². The Morgan fingerprint density at radius 2 is 2.21 bits per heavy atom. The standard InChI is InChI=1S/C10H7Br2NO/c1-6(11)10(14)7-3-2-4-9(12)8(7)5-13/h2-4,6H,1H3. The van der Waals surface area contributed by atoms with Gasteiger partial charge in [-0.3, -0.25) is 4.79 Å². The van der Waals surface area contributed by atoms with Gasteiger partial charge in [0.15, 0.2) is 5.78 Å². The summed E-state index contributed by atoms with van der Waals surface area (Å²) in [5.74, 6) is -0.0807. The van der Waals surface area contributed by atoms with Gasteiger partial charge in [0.1, 0.15) is 6.07 Å². The third kappa shape index (κ3) is 2.23. The Hall–Kier alpha value is -0.660. The highest BCUT2D eigenvalue weighted by molar-refractivity contribution is 9.10. The summed E-state index contributed by atoms with van der Waals surface area (Å²) in [7, 11) is 0. The Morgan fingerprint density at radius 1 is 1.57 bits per heavy atom. The molecule has 0 aromatic heterocycles. The van der Waals surface area contributed by atoms with Crippen LogP contribution in [0.4, 0.5) is 0 Å². The molecule has 72 valence electrons. The molecule has 0 fully saturated rings. The highest BCUT2D eigenvalue weighted by Crippen LogP contribution is 2.22. The topological polar surface area (TPSA) is 40.9 Å². The summed E-state index contributed by atoms with van der Waals surface area (Å²) in [6, 6.07) is 7.16. The van der Waals surface area contributed by atoms with Gasteiger partial charge in [0.05, 0.1) is 10.4 Å². The molecule has 0 aliphatic carbocycles. The summed E-state index contributed by atoms with van der Waals surface area (Å²) in [4.78, 5) is 11.4. The molecule has 1 rings (SSSR count). The molecule has 0 aliphatic rings. The maximum absolute atomic E-state index is 11.7. The van der Waals surface area contributed by atoms with Gasteiger partial charge in [-0.2, -0.15) is 5.26 Å². The van der Waals surface area contributed by atoms with Gasteiger partial charge in [-0.1, -0.05) is 22.0 Å². The van der Waals surface area contributed by atoms with Crippen molar-refractivity contribution in [2.24, 2.45) is 0 Å². The van der Waals surface area contributed by atoms with E-state index in [1.807, 2.05) is 6.07 Å². The minimum atomic E-state index is -0.274. The molecule has 0 amide bonds. The fraction of sp³-hybridized carbons (Fsp3) is 0.200. The van der Waals surface area contributed by atoms with Crippen LogP contribution in [0, 0.1) is 11.3 Å². The zero-order chi connectivity index (χ0) is 10.7. The summed E-state index contributed by atoms with van der Waals surface area (Å²) >= 11 is 6.42. The average Bonchev–Trinajstić information content (AvgIpc) is 2.16. The van der Waals surface area contributed by atoms with Crippen LogP contribution < -0.4 is 0 Å². The molecular weight excluding hydrogens is 310 g/mol. The van der Waals surface area contributed by atoms with Crippen molar-refractivity contribution in [3.05, 3.63) is 33.8 Å². The number of nitriles is 1. The predicted octanol–water partition coefficient (Wildman–Crippen LogP) is 3.29. The van der Waals surface area contributed by atoms with Crippen molar-refractivity contribution in [2.45, 2.75) is 11.8 Å². The second-order valence-corrected chi connectivity index (χ2v) is 4.98. The van der Waals surface area contributed by atoms with Crippen molar-refractivity contribution in [1.82, 2.24) is 0 Å². The summed E-state index contributed by atoms with van der Waals surface area (Å²) < 4.78 is 0.652. The van der Waals surface area contributed by atoms with Crippen LogP contribution in [-0.4, -0.2) is 10.6 Å². The Labute approximate surface area is 99.2 Å². The SMILES string of the molecule is CC(Br)C(=O)c1cccc(Br)c1C#N.